The van der Waals surface area contributed by atoms with E-state index in [0.29, 0.717) is 40.3 Å². The van der Waals surface area contributed by atoms with Crippen molar-refractivity contribution >= 4 is 28.2 Å². The van der Waals surface area contributed by atoms with Gasteiger partial charge < -0.3 is 29.8 Å². The van der Waals surface area contributed by atoms with Gasteiger partial charge in [-0.15, -0.1) is 0 Å². The summed E-state index contributed by atoms with van der Waals surface area (Å²) in [4.78, 5) is 20.8. The van der Waals surface area contributed by atoms with Gasteiger partial charge in [0, 0.05) is 24.4 Å². The second-order valence-electron chi connectivity index (χ2n) is 9.09. The zero-order valence-electron chi connectivity index (χ0n) is 22.5. The number of aromatic nitrogens is 3. The molecule has 0 aliphatic rings. The second kappa shape index (κ2) is 11.5. The highest BCUT2D eigenvalue weighted by atomic mass is 19.1. The monoisotopic (exact) mass is 559 g/mol. The fourth-order valence-electron chi connectivity index (χ4n) is 4.51. The summed E-state index contributed by atoms with van der Waals surface area (Å²) >= 11 is 0. The molecule has 0 atom stereocenters. The molecule has 0 saturated heterocycles. The number of halogens is 2. The number of hydrogen-bond donors (Lipinski definition) is 3. The molecule has 0 aliphatic heterocycles. The van der Waals surface area contributed by atoms with Crippen LogP contribution in [0.2, 0.25) is 0 Å². The van der Waals surface area contributed by atoms with Gasteiger partial charge in [0.15, 0.2) is 0 Å². The summed E-state index contributed by atoms with van der Waals surface area (Å²) < 4.78 is 41.9. The maximum absolute atomic E-state index is 14.8. The normalized spacial score (nSPS) is 11.0. The fraction of sp³-hybridized carbons (Fsp3) is 0.167. The maximum atomic E-state index is 14.8. The lowest BCUT2D eigenvalue weighted by atomic mass is 10.1. The van der Waals surface area contributed by atoms with Crippen LogP contribution in [0, 0.1) is 11.6 Å². The van der Waals surface area contributed by atoms with Gasteiger partial charge in [-0.1, -0.05) is 6.07 Å². The van der Waals surface area contributed by atoms with E-state index in [1.807, 2.05) is 13.0 Å². The van der Waals surface area contributed by atoms with Crippen LogP contribution < -0.4 is 20.1 Å². The third kappa shape index (κ3) is 5.46. The molecule has 2 aromatic carbocycles. The summed E-state index contributed by atoms with van der Waals surface area (Å²) in [5.74, 6) is -0.819. The van der Waals surface area contributed by atoms with Crippen LogP contribution in [-0.2, 0) is 6.54 Å². The molecule has 0 spiro atoms. The molecule has 5 rings (SSSR count). The molecule has 0 fully saturated rings. The Hall–Kier alpha value is -5.19. The van der Waals surface area contributed by atoms with E-state index < -0.39 is 11.6 Å². The number of nitrogens with zero attached hydrogens (tertiary/aromatic N) is 3. The summed E-state index contributed by atoms with van der Waals surface area (Å²) in [7, 11) is 3.09. The van der Waals surface area contributed by atoms with Gasteiger partial charge in [0.25, 0.3) is 5.91 Å². The molecule has 0 unspecified atom stereocenters. The van der Waals surface area contributed by atoms with Crippen molar-refractivity contribution in [3.63, 3.8) is 0 Å². The Labute approximate surface area is 234 Å². The third-order valence-electron chi connectivity index (χ3n) is 6.49. The number of aromatic hydroxyl groups is 1. The van der Waals surface area contributed by atoms with E-state index in [0.717, 1.165) is 17.7 Å². The number of nitrogens with one attached hydrogen (secondary N) is 2. The van der Waals surface area contributed by atoms with Crippen LogP contribution in [-0.4, -0.2) is 46.3 Å². The van der Waals surface area contributed by atoms with Gasteiger partial charge in [-0.25, -0.2) is 18.7 Å². The van der Waals surface area contributed by atoms with E-state index in [9.17, 15) is 18.7 Å². The van der Waals surface area contributed by atoms with Crippen molar-refractivity contribution in [1.29, 1.82) is 0 Å². The van der Waals surface area contributed by atoms with E-state index in [-0.39, 0.29) is 35.3 Å². The van der Waals surface area contributed by atoms with Gasteiger partial charge in [0.05, 0.1) is 60.5 Å². The molecule has 11 heteroatoms. The highest BCUT2D eigenvalue weighted by Gasteiger charge is 2.21. The zero-order valence-corrected chi connectivity index (χ0v) is 22.5. The molecule has 1 amide bonds. The van der Waals surface area contributed by atoms with Crippen LogP contribution in [0.1, 0.15) is 23.0 Å². The molecule has 3 N–H and O–H groups in total. The molecular weight excluding hydrogens is 532 g/mol. The number of ether oxygens (including phenoxy) is 2. The number of benzene rings is 2. The molecule has 0 radical (unpaired) electrons. The third-order valence-corrected chi connectivity index (χ3v) is 6.49. The van der Waals surface area contributed by atoms with Crippen molar-refractivity contribution < 1.29 is 28.2 Å². The van der Waals surface area contributed by atoms with Crippen molar-refractivity contribution in [3.05, 3.63) is 89.9 Å². The van der Waals surface area contributed by atoms with Gasteiger partial charge in [-0.3, -0.25) is 4.79 Å². The molecule has 0 bridgehead atoms. The summed E-state index contributed by atoms with van der Waals surface area (Å²) in [5.41, 5.74) is 1.82. The quantitative estimate of drug-likeness (QED) is 0.214. The van der Waals surface area contributed by atoms with Crippen molar-refractivity contribution in [2.45, 2.75) is 13.5 Å². The Morgan fingerprint density at radius 2 is 1.83 bits per heavy atom. The standard InChI is InChI=1S/C30H27F2N5O4/c1-4-33-29(38)22-11-9-18(14-34-22)35-24-13-23(27-20(31)6-5-7-21(27)32)36-25-16-37(30(39)28(24)25)15-17-8-10-19(40-2)12-26(17)41-3/h5-14,16,35,39H,4,15H2,1-3H3,(H,33,38). The van der Waals surface area contributed by atoms with Crippen molar-refractivity contribution in [2.75, 3.05) is 26.1 Å². The Morgan fingerprint density at radius 3 is 2.49 bits per heavy atom. The predicted octanol–water partition coefficient (Wildman–Crippen LogP) is 5.64. The molecule has 3 heterocycles. The first kappa shape index (κ1) is 27.4. The minimum atomic E-state index is -0.776. The maximum Gasteiger partial charge on any atom is 0.269 e. The Morgan fingerprint density at radius 1 is 1.05 bits per heavy atom. The van der Waals surface area contributed by atoms with Crippen LogP contribution in [0.4, 0.5) is 20.2 Å². The zero-order chi connectivity index (χ0) is 29.1. The largest absolute Gasteiger partial charge is 0.497 e. The van der Waals surface area contributed by atoms with Crippen LogP contribution >= 0.6 is 0 Å². The molecule has 5 aromatic rings. The van der Waals surface area contributed by atoms with Gasteiger partial charge in [-0.2, -0.15) is 0 Å². The summed E-state index contributed by atoms with van der Waals surface area (Å²) in [6.45, 7) is 2.48. The van der Waals surface area contributed by atoms with E-state index in [1.165, 1.54) is 25.4 Å². The molecule has 0 aliphatic carbocycles. The van der Waals surface area contributed by atoms with Gasteiger partial charge in [0.1, 0.15) is 28.8 Å². The van der Waals surface area contributed by atoms with Gasteiger partial charge >= 0.3 is 0 Å². The molecule has 210 valence electrons. The highest BCUT2D eigenvalue weighted by molar-refractivity contribution is 5.99. The lowest BCUT2D eigenvalue weighted by Gasteiger charge is -2.13. The Bertz CT molecular complexity index is 1720. The average molecular weight is 560 g/mol. The van der Waals surface area contributed by atoms with Crippen LogP contribution in [0.25, 0.3) is 22.2 Å². The smallest absolute Gasteiger partial charge is 0.269 e. The number of pyridine rings is 2. The first-order chi connectivity index (χ1) is 19.8. The van der Waals surface area contributed by atoms with Crippen molar-refractivity contribution in [3.8, 4) is 28.6 Å². The second-order valence-corrected chi connectivity index (χ2v) is 9.09. The Balaban J connectivity index is 1.61. The topological polar surface area (TPSA) is 111 Å². The lowest BCUT2D eigenvalue weighted by molar-refractivity contribution is 0.0951. The number of carbonyl (C=O) groups is 1. The first-order valence-electron chi connectivity index (χ1n) is 12.7. The van der Waals surface area contributed by atoms with Gasteiger partial charge in [-0.05, 0) is 49.4 Å². The van der Waals surface area contributed by atoms with Crippen LogP contribution in [0.3, 0.4) is 0 Å². The molecule has 0 saturated carbocycles. The average Bonchev–Trinajstić information content (AvgIpc) is 3.28. The molecule has 9 nitrogen and oxygen atoms in total. The number of rotatable bonds is 9. The highest BCUT2D eigenvalue weighted by Crippen LogP contribution is 2.39. The van der Waals surface area contributed by atoms with Crippen molar-refractivity contribution in [1.82, 2.24) is 19.9 Å². The number of hydrogen-bond acceptors (Lipinski definition) is 7. The van der Waals surface area contributed by atoms with E-state index >= 15 is 0 Å². The Kier molecular flexibility index (Phi) is 7.68. The minimum absolute atomic E-state index is 0.0293. The van der Waals surface area contributed by atoms with E-state index in [1.54, 1.807) is 42.1 Å². The van der Waals surface area contributed by atoms with E-state index in [4.69, 9.17) is 9.47 Å². The molecule has 41 heavy (non-hydrogen) atoms. The van der Waals surface area contributed by atoms with Crippen LogP contribution in [0.5, 0.6) is 17.4 Å². The van der Waals surface area contributed by atoms with Gasteiger partial charge in [0.2, 0.25) is 5.88 Å². The van der Waals surface area contributed by atoms with Crippen LogP contribution in [0.15, 0.2) is 67.0 Å². The summed E-state index contributed by atoms with van der Waals surface area (Å²) in [6.07, 6.45) is 3.05. The van der Waals surface area contributed by atoms with E-state index in [2.05, 4.69) is 20.6 Å². The number of amides is 1. The summed E-state index contributed by atoms with van der Waals surface area (Å²) in [6, 6.07) is 13.6. The SMILES string of the molecule is CCNC(=O)c1ccc(Nc2cc(-c3c(F)cccc3F)nc3cn(Cc4ccc(OC)cc4OC)c(O)c23)cn1. The van der Waals surface area contributed by atoms with Crippen molar-refractivity contribution in [2.24, 2.45) is 0 Å². The summed E-state index contributed by atoms with van der Waals surface area (Å²) in [5, 5.41) is 17.5. The lowest BCUT2D eigenvalue weighted by Crippen LogP contribution is -2.23. The first-order valence-corrected chi connectivity index (χ1v) is 12.7. The number of anilines is 2. The molecule has 3 aromatic heterocycles. The molecular formula is C30H27F2N5O4. The number of carbonyl (C=O) groups excluding carboxylic acids is 1. The fourth-order valence-corrected chi connectivity index (χ4v) is 4.51. The minimum Gasteiger partial charge on any atom is -0.497 e. The number of fused-ring (bicyclic) bond motifs is 1. The predicted molar refractivity (Wildman–Crippen MR) is 151 cm³/mol. The number of methoxy groups -OCH3 is 2.